The predicted molar refractivity (Wildman–Crippen MR) is 115 cm³/mol. The van der Waals surface area contributed by atoms with Gasteiger partial charge in [-0.25, -0.2) is 0 Å². The van der Waals surface area contributed by atoms with E-state index in [-0.39, 0.29) is 10.1 Å². The first-order valence-corrected chi connectivity index (χ1v) is 11.4. The van der Waals surface area contributed by atoms with Gasteiger partial charge in [-0.05, 0) is 13.3 Å². The van der Waals surface area contributed by atoms with E-state index >= 15 is 0 Å². The van der Waals surface area contributed by atoms with Gasteiger partial charge in [0, 0.05) is 0 Å². The highest BCUT2D eigenvalue weighted by atomic mass is 79.9. The molecule has 0 aromatic heterocycles. The van der Waals surface area contributed by atoms with Crippen LogP contribution in [0.3, 0.4) is 0 Å². The molecule has 0 saturated heterocycles. The zero-order valence-corrected chi connectivity index (χ0v) is 21.3. The van der Waals surface area contributed by atoms with Crippen molar-refractivity contribution in [2.24, 2.45) is 17.3 Å². The number of nitrogens with one attached hydrogen (secondary N) is 2. The lowest BCUT2D eigenvalue weighted by atomic mass is 9.81. The minimum absolute atomic E-state index is 0.325. The van der Waals surface area contributed by atoms with Crippen LogP contribution in [0.15, 0.2) is 10.1 Å². The van der Waals surface area contributed by atoms with Crippen LogP contribution in [0, 0.1) is 17.3 Å². The number of hydrazine groups is 1. The van der Waals surface area contributed by atoms with Crippen molar-refractivity contribution in [2.75, 3.05) is 0 Å². The molecule has 3 rings (SSSR count). The maximum Gasteiger partial charge on any atom is 0.309 e. The van der Waals surface area contributed by atoms with Crippen LogP contribution in [0.5, 0.6) is 0 Å². The second-order valence-electron chi connectivity index (χ2n) is 7.08. The molecule has 0 aromatic carbocycles. The maximum atomic E-state index is 12.9. The van der Waals surface area contributed by atoms with Crippen molar-refractivity contribution in [1.82, 2.24) is 10.9 Å². The SMILES string of the molecule is C[C@]1(C(=O)NNC(=O)[C@@H]2[C@H](C(=O)O)[C@@]3(Cl)C(Cl)=C(Cl)[C@@]2(Cl)C3(Cl)Cl)CC1(Br)Br. The van der Waals surface area contributed by atoms with Gasteiger partial charge in [0.2, 0.25) is 11.8 Å². The van der Waals surface area contributed by atoms with Crippen molar-refractivity contribution in [2.45, 2.75) is 30.7 Å². The van der Waals surface area contributed by atoms with Crippen molar-refractivity contribution in [3.05, 3.63) is 10.1 Å². The van der Waals surface area contributed by atoms with Crippen molar-refractivity contribution in [1.29, 1.82) is 0 Å². The van der Waals surface area contributed by atoms with Crippen LogP contribution in [-0.4, -0.2) is 40.2 Å². The highest BCUT2D eigenvalue weighted by Crippen LogP contribution is 2.76. The molecule has 0 aromatic rings. The number of aliphatic carboxylic acids is 1. The minimum Gasteiger partial charge on any atom is -0.481 e. The molecular formula is C14H10Br2Cl6N2O4. The van der Waals surface area contributed by atoms with Crippen LogP contribution in [0.25, 0.3) is 0 Å². The molecule has 3 N–H and O–H groups in total. The number of hydrogen-bond donors (Lipinski definition) is 3. The fourth-order valence-corrected chi connectivity index (χ4v) is 8.02. The molecule has 2 amide bonds. The first-order valence-electron chi connectivity index (χ1n) is 7.54. The minimum atomic E-state index is -2.21. The molecule has 0 spiro atoms. The molecule has 2 saturated carbocycles. The van der Waals surface area contributed by atoms with Gasteiger partial charge in [-0.15, -0.1) is 23.2 Å². The van der Waals surface area contributed by atoms with Crippen LogP contribution < -0.4 is 10.9 Å². The van der Waals surface area contributed by atoms with Gasteiger partial charge in [0.05, 0.1) is 30.5 Å². The van der Waals surface area contributed by atoms with E-state index in [1.807, 2.05) is 0 Å². The van der Waals surface area contributed by atoms with Crippen LogP contribution in [0.1, 0.15) is 13.3 Å². The average Bonchev–Trinajstić information content (AvgIpc) is 3.03. The number of alkyl halides is 6. The number of carboxylic acid groups (broad SMARTS) is 1. The number of rotatable bonds is 3. The summed E-state index contributed by atoms with van der Waals surface area (Å²) in [7, 11) is 0. The van der Waals surface area contributed by atoms with Gasteiger partial charge in [-0.3, -0.25) is 25.2 Å². The number of amides is 2. The summed E-state index contributed by atoms with van der Waals surface area (Å²) in [5.41, 5.74) is 3.58. The van der Waals surface area contributed by atoms with E-state index in [2.05, 4.69) is 42.7 Å². The molecule has 0 heterocycles. The van der Waals surface area contributed by atoms with Gasteiger partial charge in [0.25, 0.3) is 0 Å². The lowest BCUT2D eigenvalue weighted by molar-refractivity contribution is -0.147. The summed E-state index contributed by atoms with van der Waals surface area (Å²) in [5, 5.41) is 9.02. The van der Waals surface area contributed by atoms with E-state index < -0.39 is 52.3 Å². The largest absolute Gasteiger partial charge is 0.481 e. The molecule has 14 heteroatoms. The molecule has 28 heavy (non-hydrogen) atoms. The van der Waals surface area contributed by atoms with E-state index in [1.165, 1.54) is 0 Å². The number of allylic oxidation sites excluding steroid dienone is 2. The Morgan fingerprint density at radius 2 is 1.43 bits per heavy atom. The van der Waals surface area contributed by atoms with Crippen LogP contribution >= 0.6 is 101 Å². The fourth-order valence-electron chi connectivity index (χ4n) is 3.61. The molecule has 2 bridgehead atoms. The Morgan fingerprint density at radius 3 is 1.82 bits per heavy atom. The summed E-state index contributed by atoms with van der Waals surface area (Å²) >= 11 is 44.5. The highest BCUT2D eigenvalue weighted by Gasteiger charge is 2.85. The van der Waals surface area contributed by atoms with Crippen LogP contribution in [0.2, 0.25) is 0 Å². The standard InChI is InChI=1S/C14H10Br2Cl6N2O4/c1-10(2-11(10,15)16)9(28)24-23-7(25)3-4(8(26)27)13(20)6(18)5(17)12(3,19)14(13,21)22/h3-4H,2H2,1H3,(H,23,25)(H,24,28)(H,26,27)/t3-,4+,10+,12+,13+/m0/s1. The Balaban J connectivity index is 1.92. The van der Waals surface area contributed by atoms with Crippen LogP contribution in [-0.2, 0) is 14.4 Å². The monoisotopic (exact) mass is 638 g/mol. The normalized spacial score (nSPS) is 42.3. The van der Waals surface area contributed by atoms with E-state index in [0.717, 1.165) is 0 Å². The quantitative estimate of drug-likeness (QED) is 0.318. The second-order valence-corrected chi connectivity index (χ2v) is 14.1. The first kappa shape index (κ1) is 23.5. The smallest absolute Gasteiger partial charge is 0.309 e. The zero-order valence-electron chi connectivity index (χ0n) is 13.6. The van der Waals surface area contributed by atoms with Crippen molar-refractivity contribution >= 4 is 119 Å². The summed E-state index contributed by atoms with van der Waals surface area (Å²) in [4.78, 5) is 32.9. The van der Waals surface area contributed by atoms with E-state index in [0.29, 0.717) is 6.42 Å². The molecule has 156 valence electrons. The van der Waals surface area contributed by atoms with Gasteiger partial charge >= 0.3 is 5.97 Å². The van der Waals surface area contributed by atoms with Gasteiger partial charge in [0.15, 0.2) is 4.33 Å². The molecule has 2 fully saturated rings. The van der Waals surface area contributed by atoms with Crippen LogP contribution in [0.4, 0.5) is 0 Å². The topological polar surface area (TPSA) is 95.5 Å². The third-order valence-corrected chi connectivity index (χ3v) is 12.1. The number of carbonyl (C=O) groups excluding carboxylic acids is 2. The van der Waals surface area contributed by atoms with Gasteiger partial charge in [-0.2, -0.15) is 0 Å². The molecule has 0 unspecified atom stereocenters. The summed E-state index contributed by atoms with van der Waals surface area (Å²) in [6.07, 6.45) is 0.462. The summed E-state index contributed by atoms with van der Waals surface area (Å²) < 4.78 is -2.82. The highest BCUT2D eigenvalue weighted by molar-refractivity contribution is 9.25. The van der Waals surface area contributed by atoms with Gasteiger partial charge < -0.3 is 5.11 Å². The van der Waals surface area contributed by atoms with E-state index in [1.54, 1.807) is 6.92 Å². The third-order valence-electron chi connectivity index (χ3n) is 5.54. The number of carbonyl (C=O) groups is 3. The average molecular weight is 643 g/mol. The second kappa shape index (κ2) is 6.67. The summed E-state index contributed by atoms with van der Waals surface area (Å²) in [6, 6.07) is 0. The molecule has 6 nitrogen and oxygen atoms in total. The number of halogens is 8. The zero-order chi connectivity index (χ0) is 21.7. The summed E-state index contributed by atoms with van der Waals surface area (Å²) in [6.45, 7) is 1.66. The fraction of sp³-hybridized carbons (Fsp3) is 0.643. The van der Waals surface area contributed by atoms with E-state index in [9.17, 15) is 19.5 Å². The van der Waals surface area contributed by atoms with Crippen molar-refractivity contribution < 1.29 is 19.5 Å². The number of hydrogen-bond acceptors (Lipinski definition) is 3. The number of fused-ring (bicyclic) bond motifs is 2. The Labute approximate surface area is 206 Å². The number of carboxylic acids is 1. The molecule has 3 aliphatic rings. The maximum absolute atomic E-state index is 12.9. The predicted octanol–water partition coefficient (Wildman–Crippen LogP) is 4.19. The van der Waals surface area contributed by atoms with E-state index in [4.69, 9.17) is 69.6 Å². The third kappa shape index (κ3) is 2.61. The van der Waals surface area contributed by atoms with Gasteiger partial charge in [-0.1, -0.05) is 78.3 Å². The Bertz CT molecular complexity index is 854. The lowest BCUT2D eigenvalue weighted by Gasteiger charge is -2.33. The lowest BCUT2D eigenvalue weighted by Crippen LogP contribution is -2.54. The summed E-state index contributed by atoms with van der Waals surface area (Å²) in [5.74, 6) is -6.34. The van der Waals surface area contributed by atoms with Gasteiger partial charge in [0.1, 0.15) is 9.75 Å². The molecule has 5 atom stereocenters. The Kier molecular flexibility index (Phi) is 5.60. The molecule has 0 aliphatic heterocycles. The molecule has 0 radical (unpaired) electrons. The van der Waals surface area contributed by atoms with Crippen molar-refractivity contribution in [3.63, 3.8) is 0 Å². The molecule has 3 aliphatic carbocycles. The van der Waals surface area contributed by atoms with Crippen molar-refractivity contribution in [3.8, 4) is 0 Å². The Morgan fingerprint density at radius 1 is 1.00 bits per heavy atom. The Hall–Kier alpha value is 0.850. The molecular weight excluding hydrogens is 633 g/mol. The first-order chi connectivity index (χ1) is 12.5.